The molecule has 0 fully saturated rings. The number of benzene rings is 1. The summed E-state index contributed by atoms with van der Waals surface area (Å²) < 4.78 is 0. The smallest absolute Gasteiger partial charge is 0.0346 e. The van der Waals surface area contributed by atoms with Crippen LogP contribution < -0.4 is 0 Å². The maximum Gasteiger partial charge on any atom is 0.0346 e. The third-order valence-corrected chi connectivity index (χ3v) is 4.38. The van der Waals surface area contributed by atoms with Crippen molar-refractivity contribution < 1.29 is 0 Å². The van der Waals surface area contributed by atoms with Crippen molar-refractivity contribution in [1.82, 2.24) is 14.8 Å². The van der Waals surface area contributed by atoms with E-state index in [9.17, 15) is 0 Å². The summed E-state index contributed by atoms with van der Waals surface area (Å²) in [5.74, 6) is 0. The van der Waals surface area contributed by atoms with E-state index in [0.717, 1.165) is 13.1 Å². The van der Waals surface area contributed by atoms with Gasteiger partial charge in [0.2, 0.25) is 0 Å². The molecule has 0 aliphatic rings. The molecular weight excluding hydrogens is 258 g/mol. The normalized spacial score (nSPS) is 13.5. The minimum absolute atomic E-state index is 0.523. The summed E-state index contributed by atoms with van der Waals surface area (Å²) >= 11 is 0. The second kappa shape index (κ2) is 7.01. The Balaban J connectivity index is 2.09. The van der Waals surface area contributed by atoms with Crippen molar-refractivity contribution in [2.24, 2.45) is 0 Å². The lowest BCUT2D eigenvalue weighted by atomic mass is 10.1. The van der Waals surface area contributed by atoms with Crippen molar-refractivity contribution in [3.05, 3.63) is 42.2 Å². The summed E-state index contributed by atoms with van der Waals surface area (Å²) in [4.78, 5) is 9.03. The monoisotopic (exact) mass is 285 g/mol. The van der Waals surface area contributed by atoms with E-state index in [4.69, 9.17) is 0 Å². The number of aromatic nitrogens is 1. The summed E-state index contributed by atoms with van der Waals surface area (Å²) in [7, 11) is 4.40. The molecule has 0 bridgehead atoms. The molecule has 0 amide bonds. The molecule has 0 aliphatic carbocycles. The first-order valence-electron chi connectivity index (χ1n) is 7.71. The number of likely N-dealkylation sites (N-methyl/N-ethyl adjacent to an activating group) is 2. The Morgan fingerprint density at radius 1 is 1.05 bits per heavy atom. The Labute approximate surface area is 128 Å². The predicted octanol–water partition coefficient (Wildman–Crippen LogP) is 3.40. The molecule has 0 saturated carbocycles. The van der Waals surface area contributed by atoms with Gasteiger partial charge in [0.25, 0.3) is 0 Å². The Hall–Kier alpha value is -1.45. The summed E-state index contributed by atoms with van der Waals surface area (Å²) in [6, 6.07) is 9.69. The highest BCUT2D eigenvalue weighted by Crippen LogP contribution is 2.19. The van der Waals surface area contributed by atoms with Gasteiger partial charge in [-0.05, 0) is 51.9 Å². The molecule has 2 aromatic rings. The SMILES string of the molecule is CC(C)N(C)CC(C)N(C)Cc1cccc2cnccc12. The highest BCUT2D eigenvalue weighted by atomic mass is 15.2. The molecule has 0 aliphatic heterocycles. The molecule has 114 valence electrons. The zero-order chi connectivity index (χ0) is 15.4. The van der Waals surface area contributed by atoms with Crippen molar-refractivity contribution in [2.75, 3.05) is 20.6 Å². The van der Waals surface area contributed by atoms with Crippen LogP contribution in [0.5, 0.6) is 0 Å². The van der Waals surface area contributed by atoms with Crippen LogP contribution in [0.25, 0.3) is 10.8 Å². The van der Waals surface area contributed by atoms with Crippen molar-refractivity contribution >= 4 is 10.8 Å². The molecule has 0 saturated heterocycles. The number of fused-ring (bicyclic) bond motifs is 1. The van der Waals surface area contributed by atoms with E-state index < -0.39 is 0 Å². The second-order valence-corrected chi connectivity index (χ2v) is 6.31. The maximum absolute atomic E-state index is 4.21. The van der Waals surface area contributed by atoms with E-state index in [2.05, 4.69) is 73.9 Å². The molecule has 0 N–H and O–H groups in total. The fourth-order valence-corrected chi connectivity index (χ4v) is 2.52. The minimum atomic E-state index is 0.523. The average Bonchev–Trinajstić information content (AvgIpc) is 2.47. The zero-order valence-corrected chi connectivity index (χ0v) is 13.9. The van der Waals surface area contributed by atoms with Gasteiger partial charge in [0.1, 0.15) is 0 Å². The Kier molecular flexibility index (Phi) is 5.32. The Bertz CT molecular complexity index is 574. The van der Waals surface area contributed by atoms with Crippen LogP contribution in [0.1, 0.15) is 26.3 Å². The first-order valence-corrected chi connectivity index (χ1v) is 7.71. The highest BCUT2D eigenvalue weighted by molar-refractivity contribution is 5.84. The molecule has 21 heavy (non-hydrogen) atoms. The minimum Gasteiger partial charge on any atom is -0.302 e. The van der Waals surface area contributed by atoms with Crippen molar-refractivity contribution in [1.29, 1.82) is 0 Å². The summed E-state index contributed by atoms with van der Waals surface area (Å²) in [5.41, 5.74) is 1.37. The summed E-state index contributed by atoms with van der Waals surface area (Å²) in [6.07, 6.45) is 3.82. The van der Waals surface area contributed by atoms with Gasteiger partial charge in [0, 0.05) is 43.0 Å². The summed E-state index contributed by atoms with van der Waals surface area (Å²) in [6.45, 7) is 8.83. The lowest BCUT2D eigenvalue weighted by molar-refractivity contribution is 0.167. The summed E-state index contributed by atoms with van der Waals surface area (Å²) in [5, 5.41) is 2.53. The van der Waals surface area contributed by atoms with Crippen molar-refractivity contribution in [2.45, 2.75) is 39.4 Å². The number of nitrogens with zero attached hydrogens (tertiary/aromatic N) is 3. The van der Waals surface area contributed by atoms with Crippen LogP contribution in [0, 0.1) is 0 Å². The molecule has 0 spiro atoms. The Morgan fingerprint density at radius 3 is 2.52 bits per heavy atom. The topological polar surface area (TPSA) is 19.4 Å². The van der Waals surface area contributed by atoms with E-state index in [1.165, 1.54) is 16.3 Å². The lowest BCUT2D eigenvalue weighted by Gasteiger charge is -2.31. The van der Waals surface area contributed by atoms with Crippen LogP contribution in [0.3, 0.4) is 0 Å². The van der Waals surface area contributed by atoms with Gasteiger partial charge in [-0.25, -0.2) is 0 Å². The van der Waals surface area contributed by atoms with Gasteiger partial charge in [0.15, 0.2) is 0 Å². The molecular formula is C18H27N3. The van der Waals surface area contributed by atoms with E-state index in [-0.39, 0.29) is 0 Å². The van der Waals surface area contributed by atoms with Crippen LogP contribution in [-0.4, -0.2) is 47.5 Å². The highest BCUT2D eigenvalue weighted by Gasteiger charge is 2.14. The molecule has 1 atom stereocenters. The fraction of sp³-hybridized carbons (Fsp3) is 0.500. The number of hydrogen-bond donors (Lipinski definition) is 0. The molecule has 3 nitrogen and oxygen atoms in total. The van der Waals surface area contributed by atoms with E-state index in [1.54, 1.807) is 0 Å². The van der Waals surface area contributed by atoms with Crippen LogP contribution in [0.4, 0.5) is 0 Å². The number of hydrogen-bond acceptors (Lipinski definition) is 3. The third-order valence-electron chi connectivity index (χ3n) is 4.38. The molecule has 0 radical (unpaired) electrons. The van der Waals surface area contributed by atoms with Crippen LogP contribution in [0.2, 0.25) is 0 Å². The molecule has 3 heteroatoms. The quantitative estimate of drug-likeness (QED) is 0.811. The van der Waals surface area contributed by atoms with Crippen molar-refractivity contribution in [3.63, 3.8) is 0 Å². The Morgan fingerprint density at radius 2 is 1.81 bits per heavy atom. The standard InChI is InChI=1S/C18H27N3/c1-14(2)20(4)12-15(3)21(5)13-17-8-6-7-16-11-19-10-9-18(16)17/h6-11,14-15H,12-13H2,1-5H3. The van der Waals surface area contributed by atoms with E-state index in [1.807, 2.05) is 12.4 Å². The van der Waals surface area contributed by atoms with E-state index in [0.29, 0.717) is 12.1 Å². The zero-order valence-electron chi connectivity index (χ0n) is 13.9. The first-order chi connectivity index (χ1) is 9.99. The van der Waals surface area contributed by atoms with E-state index >= 15 is 0 Å². The lowest BCUT2D eigenvalue weighted by Crippen LogP contribution is -2.40. The van der Waals surface area contributed by atoms with Gasteiger partial charge in [-0.3, -0.25) is 9.88 Å². The number of rotatable bonds is 6. The van der Waals surface area contributed by atoms with Gasteiger partial charge < -0.3 is 4.90 Å². The van der Waals surface area contributed by atoms with Gasteiger partial charge in [-0.1, -0.05) is 18.2 Å². The molecule has 1 unspecified atom stereocenters. The van der Waals surface area contributed by atoms with Gasteiger partial charge in [-0.2, -0.15) is 0 Å². The van der Waals surface area contributed by atoms with Gasteiger partial charge >= 0.3 is 0 Å². The molecule has 2 rings (SSSR count). The maximum atomic E-state index is 4.21. The fourth-order valence-electron chi connectivity index (χ4n) is 2.52. The predicted molar refractivity (Wildman–Crippen MR) is 90.4 cm³/mol. The average molecular weight is 285 g/mol. The first kappa shape index (κ1) is 15.9. The van der Waals surface area contributed by atoms with Crippen molar-refractivity contribution in [3.8, 4) is 0 Å². The molecule has 1 aromatic heterocycles. The van der Waals surface area contributed by atoms with Crippen LogP contribution >= 0.6 is 0 Å². The van der Waals surface area contributed by atoms with Crippen LogP contribution in [0.15, 0.2) is 36.7 Å². The number of pyridine rings is 1. The largest absolute Gasteiger partial charge is 0.302 e. The third kappa shape index (κ3) is 4.02. The van der Waals surface area contributed by atoms with Crippen LogP contribution in [-0.2, 0) is 6.54 Å². The van der Waals surface area contributed by atoms with Gasteiger partial charge in [-0.15, -0.1) is 0 Å². The molecule has 1 heterocycles. The van der Waals surface area contributed by atoms with Gasteiger partial charge in [0.05, 0.1) is 0 Å². The molecule has 1 aromatic carbocycles. The second-order valence-electron chi connectivity index (χ2n) is 6.31.